The molecule has 0 saturated heterocycles. The van der Waals surface area contributed by atoms with Gasteiger partial charge in [-0.05, 0) is 13.3 Å². The van der Waals surface area contributed by atoms with E-state index in [1.807, 2.05) is 13.8 Å². The van der Waals surface area contributed by atoms with Gasteiger partial charge in [-0.3, -0.25) is 9.00 Å². The predicted octanol–water partition coefficient (Wildman–Crippen LogP) is -0.144. The van der Waals surface area contributed by atoms with Crippen molar-refractivity contribution in [2.24, 2.45) is 11.1 Å². The molecule has 14 heavy (non-hydrogen) atoms. The van der Waals surface area contributed by atoms with Gasteiger partial charge in [-0.15, -0.1) is 0 Å². The smallest absolute Gasteiger partial charge is 0.227 e. The fourth-order valence-electron chi connectivity index (χ4n) is 0.919. The van der Waals surface area contributed by atoms with Crippen molar-refractivity contribution in [1.82, 2.24) is 5.32 Å². The van der Waals surface area contributed by atoms with Crippen LogP contribution in [0.25, 0.3) is 0 Å². The minimum absolute atomic E-state index is 0.0482. The second-order valence-corrected chi connectivity index (χ2v) is 5.21. The van der Waals surface area contributed by atoms with E-state index in [1.54, 1.807) is 6.26 Å². The summed E-state index contributed by atoms with van der Waals surface area (Å²) in [6.45, 7) is 4.57. The molecular formula is C9H20N2O2S. The molecule has 2 atom stereocenters. The van der Waals surface area contributed by atoms with Crippen molar-refractivity contribution in [2.45, 2.75) is 20.3 Å². The normalized spacial score (nSPS) is 17.1. The zero-order chi connectivity index (χ0) is 11.2. The molecular weight excluding hydrogens is 200 g/mol. The summed E-state index contributed by atoms with van der Waals surface area (Å²) >= 11 is 0. The maximum atomic E-state index is 11.6. The molecule has 0 aliphatic heterocycles. The summed E-state index contributed by atoms with van der Waals surface area (Å²) in [7, 11) is -0.859. The van der Waals surface area contributed by atoms with E-state index in [0.717, 1.165) is 0 Å². The van der Waals surface area contributed by atoms with Gasteiger partial charge in [0.05, 0.1) is 5.41 Å². The standard InChI is InChI=1S/C9H20N2O2S/c1-4-9(2,7-10)8(12)11-5-6-14(3)13/h4-7,10H2,1-3H3,(H,11,12). The van der Waals surface area contributed by atoms with E-state index in [2.05, 4.69) is 5.32 Å². The average Bonchev–Trinajstić information content (AvgIpc) is 2.15. The molecule has 4 nitrogen and oxygen atoms in total. The highest BCUT2D eigenvalue weighted by Gasteiger charge is 2.28. The number of carbonyl (C=O) groups is 1. The summed E-state index contributed by atoms with van der Waals surface area (Å²) in [5.74, 6) is 0.448. The first kappa shape index (κ1) is 13.6. The van der Waals surface area contributed by atoms with E-state index in [0.29, 0.717) is 25.3 Å². The first-order valence-corrected chi connectivity index (χ1v) is 6.47. The minimum atomic E-state index is -0.859. The molecule has 0 fully saturated rings. The predicted molar refractivity (Wildman–Crippen MR) is 59.4 cm³/mol. The number of amides is 1. The Morgan fingerprint density at radius 3 is 2.50 bits per heavy atom. The second-order valence-electron chi connectivity index (χ2n) is 3.65. The van der Waals surface area contributed by atoms with Gasteiger partial charge in [-0.25, -0.2) is 0 Å². The zero-order valence-corrected chi connectivity index (χ0v) is 9.95. The van der Waals surface area contributed by atoms with Gasteiger partial charge in [0, 0.05) is 35.9 Å². The number of nitrogens with two attached hydrogens (primary N) is 1. The van der Waals surface area contributed by atoms with E-state index in [4.69, 9.17) is 5.73 Å². The number of nitrogens with one attached hydrogen (secondary N) is 1. The van der Waals surface area contributed by atoms with E-state index in [1.165, 1.54) is 0 Å². The lowest BCUT2D eigenvalue weighted by atomic mass is 9.87. The molecule has 0 aliphatic rings. The van der Waals surface area contributed by atoms with Crippen molar-refractivity contribution >= 4 is 16.7 Å². The largest absolute Gasteiger partial charge is 0.355 e. The topological polar surface area (TPSA) is 72.2 Å². The molecule has 2 unspecified atom stereocenters. The van der Waals surface area contributed by atoms with Gasteiger partial charge in [-0.1, -0.05) is 6.92 Å². The molecule has 0 bridgehead atoms. The Hall–Kier alpha value is -0.420. The summed E-state index contributed by atoms with van der Waals surface area (Å²) in [5, 5.41) is 2.74. The molecule has 84 valence electrons. The summed E-state index contributed by atoms with van der Waals surface area (Å²) in [6.07, 6.45) is 2.33. The third-order valence-electron chi connectivity index (χ3n) is 2.45. The van der Waals surface area contributed by atoms with Gasteiger partial charge in [0.2, 0.25) is 5.91 Å². The first-order chi connectivity index (χ1) is 6.46. The average molecular weight is 220 g/mol. The lowest BCUT2D eigenvalue weighted by Crippen LogP contribution is -2.44. The second kappa shape index (κ2) is 6.14. The van der Waals surface area contributed by atoms with Gasteiger partial charge in [0.1, 0.15) is 0 Å². The Balaban J connectivity index is 4.00. The Labute approximate surface area is 88.1 Å². The summed E-state index contributed by atoms with van der Waals surface area (Å²) in [4.78, 5) is 11.6. The van der Waals surface area contributed by atoms with Gasteiger partial charge in [-0.2, -0.15) is 0 Å². The van der Waals surface area contributed by atoms with Crippen molar-refractivity contribution in [3.63, 3.8) is 0 Å². The highest BCUT2D eigenvalue weighted by molar-refractivity contribution is 7.84. The number of hydrogen-bond acceptors (Lipinski definition) is 3. The fraction of sp³-hybridized carbons (Fsp3) is 0.889. The van der Waals surface area contributed by atoms with Crippen LogP contribution in [0.2, 0.25) is 0 Å². The van der Waals surface area contributed by atoms with E-state index < -0.39 is 16.2 Å². The Kier molecular flexibility index (Phi) is 5.95. The zero-order valence-electron chi connectivity index (χ0n) is 9.13. The molecule has 3 N–H and O–H groups in total. The van der Waals surface area contributed by atoms with Gasteiger partial charge in [0.15, 0.2) is 0 Å². The molecule has 0 aromatic carbocycles. The molecule has 0 radical (unpaired) electrons. The minimum Gasteiger partial charge on any atom is -0.355 e. The Morgan fingerprint density at radius 1 is 1.57 bits per heavy atom. The first-order valence-electron chi connectivity index (χ1n) is 4.74. The van der Waals surface area contributed by atoms with Crippen LogP contribution in [0.1, 0.15) is 20.3 Å². The number of carbonyl (C=O) groups excluding carboxylic acids is 1. The number of rotatable bonds is 6. The molecule has 0 aliphatic carbocycles. The highest BCUT2D eigenvalue weighted by Crippen LogP contribution is 2.18. The van der Waals surface area contributed by atoms with Crippen LogP contribution in [-0.4, -0.2) is 35.2 Å². The van der Waals surface area contributed by atoms with E-state index in [-0.39, 0.29) is 5.91 Å². The lowest BCUT2D eigenvalue weighted by molar-refractivity contribution is -0.129. The summed E-state index contributed by atoms with van der Waals surface area (Å²) in [5.41, 5.74) is 5.04. The van der Waals surface area contributed by atoms with Crippen LogP contribution >= 0.6 is 0 Å². The van der Waals surface area contributed by atoms with Crippen molar-refractivity contribution in [3.05, 3.63) is 0 Å². The summed E-state index contributed by atoms with van der Waals surface area (Å²) < 4.78 is 10.7. The van der Waals surface area contributed by atoms with Crippen LogP contribution in [-0.2, 0) is 15.6 Å². The molecule has 0 aromatic rings. The van der Waals surface area contributed by atoms with Crippen molar-refractivity contribution in [3.8, 4) is 0 Å². The summed E-state index contributed by atoms with van der Waals surface area (Å²) in [6, 6.07) is 0. The van der Waals surface area contributed by atoms with Crippen molar-refractivity contribution in [2.75, 3.05) is 25.1 Å². The molecule has 5 heteroatoms. The lowest BCUT2D eigenvalue weighted by Gasteiger charge is -2.24. The third-order valence-corrected chi connectivity index (χ3v) is 3.23. The highest BCUT2D eigenvalue weighted by atomic mass is 32.2. The van der Waals surface area contributed by atoms with Crippen LogP contribution in [0.3, 0.4) is 0 Å². The Bertz CT molecular complexity index is 215. The molecule has 0 rings (SSSR count). The van der Waals surface area contributed by atoms with Crippen LogP contribution in [0.15, 0.2) is 0 Å². The van der Waals surface area contributed by atoms with Crippen LogP contribution < -0.4 is 11.1 Å². The van der Waals surface area contributed by atoms with Gasteiger partial charge in [0.25, 0.3) is 0 Å². The van der Waals surface area contributed by atoms with Crippen LogP contribution in [0.5, 0.6) is 0 Å². The van der Waals surface area contributed by atoms with Crippen molar-refractivity contribution < 1.29 is 9.00 Å². The van der Waals surface area contributed by atoms with Gasteiger partial charge < -0.3 is 11.1 Å². The molecule has 0 heterocycles. The number of hydrogen-bond donors (Lipinski definition) is 2. The third kappa shape index (κ3) is 4.19. The van der Waals surface area contributed by atoms with Crippen LogP contribution in [0, 0.1) is 5.41 Å². The van der Waals surface area contributed by atoms with E-state index >= 15 is 0 Å². The molecule has 0 saturated carbocycles. The van der Waals surface area contributed by atoms with Crippen molar-refractivity contribution in [1.29, 1.82) is 0 Å². The SMILES string of the molecule is CCC(C)(CN)C(=O)NCCS(C)=O. The molecule has 0 aromatic heterocycles. The quantitative estimate of drug-likeness (QED) is 0.654. The molecule has 1 amide bonds. The fourth-order valence-corrected chi connectivity index (χ4v) is 1.31. The maximum absolute atomic E-state index is 11.6. The Morgan fingerprint density at radius 2 is 2.14 bits per heavy atom. The van der Waals surface area contributed by atoms with Gasteiger partial charge >= 0.3 is 0 Å². The van der Waals surface area contributed by atoms with Crippen LogP contribution in [0.4, 0.5) is 0 Å². The maximum Gasteiger partial charge on any atom is 0.227 e. The monoisotopic (exact) mass is 220 g/mol. The van der Waals surface area contributed by atoms with E-state index in [9.17, 15) is 9.00 Å². The molecule has 0 spiro atoms.